The van der Waals surface area contributed by atoms with E-state index < -0.39 is 0 Å². The van der Waals surface area contributed by atoms with Crippen molar-refractivity contribution in [2.75, 3.05) is 26.7 Å². The van der Waals surface area contributed by atoms with Crippen LogP contribution in [-0.4, -0.2) is 59.1 Å². The van der Waals surface area contributed by atoms with Crippen molar-refractivity contribution < 1.29 is 9.90 Å². The molecule has 0 bridgehead atoms. The molecule has 94 valence electrons. The number of amides is 1. The molecule has 16 heavy (non-hydrogen) atoms. The summed E-state index contributed by atoms with van der Waals surface area (Å²) in [6.07, 6.45) is 0. The number of carbonyl (C=O) groups excluding carboxylic acids is 1. The number of likely N-dealkylation sites (N-methyl/N-ethyl adjacent to an activating group) is 1. The monoisotopic (exact) mass is 228 g/mol. The van der Waals surface area contributed by atoms with Crippen molar-refractivity contribution in [2.45, 2.75) is 39.3 Å². The second-order valence-electron chi connectivity index (χ2n) is 5.86. The first kappa shape index (κ1) is 13.5. The summed E-state index contributed by atoms with van der Waals surface area (Å²) in [6.45, 7) is 9.77. The molecule has 1 saturated heterocycles. The molecule has 1 fully saturated rings. The fraction of sp³-hybridized carbons (Fsp3) is 0.917. The lowest BCUT2D eigenvalue weighted by atomic mass is 10.0. The Bertz CT molecular complexity index is 260. The number of carbonyl (C=O) groups is 1. The van der Waals surface area contributed by atoms with Crippen LogP contribution in [0.25, 0.3) is 0 Å². The fourth-order valence-corrected chi connectivity index (χ4v) is 2.27. The van der Waals surface area contributed by atoms with Crippen LogP contribution in [0.3, 0.4) is 0 Å². The minimum Gasteiger partial charge on any atom is -0.394 e. The Morgan fingerprint density at radius 2 is 1.94 bits per heavy atom. The van der Waals surface area contributed by atoms with Gasteiger partial charge in [0.15, 0.2) is 0 Å². The second-order valence-corrected chi connectivity index (χ2v) is 5.86. The highest BCUT2D eigenvalue weighted by Crippen LogP contribution is 2.22. The van der Waals surface area contributed by atoms with Crippen LogP contribution in [-0.2, 0) is 4.79 Å². The van der Waals surface area contributed by atoms with Crippen molar-refractivity contribution >= 4 is 5.91 Å². The number of hydrogen-bond acceptors (Lipinski definition) is 3. The molecule has 0 aromatic rings. The van der Waals surface area contributed by atoms with E-state index in [-0.39, 0.29) is 24.1 Å². The molecule has 2 atom stereocenters. The average Bonchev–Trinajstić information content (AvgIpc) is 2.22. The van der Waals surface area contributed by atoms with Crippen molar-refractivity contribution in [1.29, 1.82) is 0 Å². The molecule has 0 aromatic carbocycles. The van der Waals surface area contributed by atoms with E-state index in [0.29, 0.717) is 5.92 Å². The quantitative estimate of drug-likeness (QED) is 0.713. The normalized spacial score (nSPS) is 29.4. The Balaban J connectivity index is 2.97. The van der Waals surface area contributed by atoms with Gasteiger partial charge in [-0.2, -0.15) is 0 Å². The van der Waals surface area contributed by atoms with Gasteiger partial charge in [0.1, 0.15) is 6.04 Å². The summed E-state index contributed by atoms with van der Waals surface area (Å²) in [5, 5.41) is 9.34. The van der Waals surface area contributed by atoms with Gasteiger partial charge in [0.2, 0.25) is 5.91 Å². The lowest BCUT2D eigenvalue weighted by Gasteiger charge is -2.37. The molecule has 1 aliphatic heterocycles. The maximum atomic E-state index is 12.3. The second kappa shape index (κ2) is 4.72. The third kappa shape index (κ3) is 2.74. The third-order valence-corrected chi connectivity index (χ3v) is 3.16. The van der Waals surface area contributed by atoms with Gasteiger partial charge in [0, 0.05) is 18.6 Å². The summed E-state index contributed by atoms with van der Waals surface area (Å²) in [5.74, 6) is 0.478. The molecule has 2 unspecified atom stereocenters. The van der Waals surface area contributed by atoms with Gasteiger partial charge < -0.3 is 10.0 Å². The molecule has 1 N–H and O–H groups in total. The first-order chi connectivity index (χ1) is 7.27. The van der Waals surface area contributed by atoms with Gasteiger partial charge in [-0.3, -0.25) is 9.69 Å². The van der Waals surface area contributed by atoms with E-state index in [2.05, 4.69) is 6.92 Å². The van der Waals surface area contributed by atoms with Gasteiger partial charge in [-0.15, -0.1) is 0 Å². The van der Waals surface area contributed by atoms with Gasteiger partial charge >= 0.3 is 0 Å². The van der Waals surface area contributed by atoms with Gasteiger partial charge in [-0.25, -0.2) is 0 Å². The van der Waals surface area contributed by atoms with Crippen molar-refractivity contribution in [3.63, 3.8) is 0 Å². The third-order valence-electron chi connectivity index (χ3n) is 3.16. The van der Waals surface area contributed by atoms with E-state index in [1.54, 1.807) is 0 Å². The topological polar surface area (TPSA) is 43.8 Å². The van der Waals surface area contributed by atoms with Crippen molar-refractivity contribution in [1.82, 2.24) is 9.80 Å². The summed E-state index contributed by atoms with van der Waals surface area (Å²) in [4.78, 5) is 16.2. The highest BCUT2D eigenvalue weighted by atomic mass is 16.3. The Hall–Kier alpha value is -0.610. The maximum absolute atomic E-state index is 12.3. The SMILES string of the molecule is CC1CN(C)C(CO)C(=O)N(C(C)(C)C)C1. The zero-order valence-corrected chi connectivity index (χ0v) is 11.0. The molecule has 0 spiro atoms. The number of nitrogens with zero attached hydrogens (tertiary/aromatic N) is 2. The van der Waals surface area contributed by atoms with E-state index in [9.17, 15) is 9.90 Å². The highest BCUT2D eigenvalue weighted by Gasteiger charge is 2.37. The Kier molecular flexibility index (Phi) is 3.97. The van der Waals surface area contributed by atoms with Gasteiger partial charge in [-0.1, -0.05) is 6.92 Å². The van der Waals surface area contributed by atoms with Gasteiger partial charge in [0.05, 0.1) is 6.61 Å². The maximum Gasteiger partial charge on any atom is 0.242 e. The highest BCUT2D eigenvalue weighted by molar-refractivity contribution is 5.83. The molecule has 1 rings (SSSR count). The van der Waals surface area contributed by atoms with E-state index in [1.165, 1.54) is 0 Å². The smallest absolute Gasteiger partial charge is 0.242 e. The number of aliphatic hydroxyl groups is 1. The molecule has 1 aliphatic rings. The lowest BCUT2D eigenvalue weighted by molar-refractivity contribution is -0.141. The number of hydrogen-bond donors (Lipinski definition) is 1. The molecule has 4 heteroatoms. The minimum atomic E-state index is -0.385. The molecule has 0 aromatic heterocycles. The molecule has 0 radical (unpaired) electrons. The van der Waals surface area contributed by atoms with Crippen LogP contribution in [0.4, 0.5) is 0 Å². The van der Waals surface area contributed by atoms with Crippen LogP contribution >= 0.6 is 0 Å². The summed E-state index contributed by atoms with van der Waals surface area (Å²) < 4.78 is 0. The van der Waals surface area contributed by atoms with Crippen LogP contribution in [0, 0.1) is 5.92 Å². The molecular formula is C12H24N2O2. The number of aliphatic hydroxyl groups excluding tert-OH is 1. The van der Waals surface area contributed by atoms with Crippen molar-refractivity contribution in [3.05, 3.63) is 0 Å². The van der Waals surface area contributed by atoms with Crippen LogP contribution in [0.15, 0.2) is 0 Å². The first-order valence-electron chi connectivity index (χ1n) is 5.90. The molecule has 1 heterocycles. The van der Waals surface area contributed by atoms with Crippen molar-refractivity contribution in [2.24, 2.45) is 5.92 Å². The van der Waals surface area contributed by atoms with Crippen LogP contribution < -0.4 is 0 Å². The Morgan fingerprint density at radius 3 is 2.38 bits per heavy atom. The van der Waals surface area contributed by atoms with Crippen LogP contribution in [0.5, 0.6) is 0 Å². The molecule has 4 nitrogen and oxygen atoms in total. The molecule has 0 aliphatic carbocycles. The first-order valence-corrected chi connectivity index (χ1v) is 5.90. The van der Waals surface area contributed by atoms with Gasteiger partial charge in [-0.05, 0) is 33.7 Å². The van der Waals surface area contributed by atoms with E-state index in [0.717, 1.165) is 13.1 Å². The zero-order valence-electron chi connectivity index (χ0n) is 11.0. The van der Waals surface area contributed by atoms with Crippen LogP contribution in [0.2, 0.25) is 0 Å². The minimum absolute atomic E-state index is 0.0434. The largest absolute Gasteiger partial charge is 0.394 e. The standard InChI is InChI=1S/C12H24N2O2/c1-9-6-13(5)10(8-15)11(16)14(7-9)12(2,3)4/h9-10,15H,6-8H2,1-5H3. The van der Waals surface area contributed by atoms with Crippen molar-refractivity contribution in [3.8, 4) is 0 Å². The summed E-state index contributed by atoms with van der Waals surface area (Å²) >= 11 is 0. The molecular weight excluding hydrogens is 204 g/mol. The summed E-state index contributed by atoms with van der Waals surface area (Å²) in [7, 11) is 1.90. The Labute approximate surface area is 98.2 Å². The van der Waals surface area contributed by atoms with E-state index in [1.807, 2.05) is 37.6 Å². The number of rotatable bonds is 1. The van der Waals surface area contributed by atoms with E-state index in [4.69, 9.17) is 0 Å². The van der Waals surface area contributed by atoms with Gasteiger partial charge in [0.25, 0.3) is 0 Å². The lowest BCUT2D eigenvalue weighted by Crippen LogP contribution is -2.53. The van der Waals surface area contributed by atoms with Crippen LogP contribution in [0.1, 0.15) is 27.7 Å². The average molecular weight is 228 g/mol. The zero-order chi connectivity index (χ0) is 12.5. The summed E-state index contributed by atoms with van der Waals surface area (Å²) in [6, 6.07) is -0.385. The Morgan fingerprint density at radius 1 is 1.38 bits per heavy atom. The van der Waals surface area contributed by atoms with E-state index >= 15 is 0 Å². The molecule has 1 amide bonds. The molecule has 0 saturated carbocycles. The fourth-order valence-electron chi connectivity index (χ4n) is 2.27. The predicted molar refractivity (Wildman–Crippen MR) is 64.1 cm³/mol. The summed E-state index contributed by atoms with van der Waals surface area (Å²) in [5.41, 5.74) is -0.177. The predicted octanol–water partition coefficient (Wildman–Crippen LogP) is 0.556.